The van der Waals surface area contributed by atoms with Crippen molar-refractivity contribution in [3.05, 3.63) is 19.2 Å². The zero-order valence-electron chi connectivity index (χ0n) is 9.93. The summed E-state index contributed by atoms with van der Waals surface area (Å²) in [4.78, 5) is 25.4. The molecule has 2 atom stereocenters. The molecule has 0 saturated carbocycles. The summed E-state index contributed by atoms with van der Waals surface area (Å²) in [6, 6.07) is 1.30. The molecule has 1 aromatic heterocycles. The number of aliphatic carboxylic acids is 1. The number of nitrogens with zero attached hydrogens (tertiary/aromatic N) is 1. The van der Waals surface area contributed by atoms with Crippen LogP contribution >= 0.6 is 43.2 Å². The van der Waals surface area contributed by atoms with Crippen molar-refractivity contribution in [2.24, 2.45) is 5.92 Å². The van der Waals surface area contributed by atoms with E-state index in [0.717, 1.165) is 8.26 Å². The van der Waals surface area contributed by atoms with Crippen LogP contribution in [-0.2, 0) is 9.53 Å². The van der Waals surface area contributed by atoms with Crippen molar-refractivity contribution >= 4 is 55.1 Å². The molecule has 0 spiro atoms. The third-order valence-corrected chi connectivity index (χ3v) is 6.29. The quantitative estimate of drug-likeness (QED) is 0.827. The molecule has 2 rings (SSSR count). The molecular weight excluding hydrogens is 402 g/mol. The molecule has 8 heteroatoms. The van der Waals surface area contributed by atoms with E-state index in [1.165, 1.54) is 16.2 Å². The molecule has 0 aliphatic carbocycles. The maximum Gasteiger partial charge on any atom is 0.311 e. The molecule has 1 amide bonds. The van der Waals surface area contributed by atoms with Gasteiger partial charge in [-0.25, -0.2) is 0 Å². The zero-order valence-corrected chi connectivity index (χ0v) is 13.9. The SMILES string of the molecule is CN(C(=O)c1cc(Br)c(Br)s1)C1COCC1C(=O)O. The normalized spacial score (nSPS) is 22.5. The number of thiophene rings is 1. The molecule has 0 bridgehead atoms. The molecule has 2 unspecified atom stereocenters. The Hall–Kier alpha value is -0.440. The lowest BCUT2D eigenvalue weighted by molar-refractivity contribution is -0.142. The average molecular weight is 413 g/mol. The van der Waals surface area contributed by atoms with Crippen LogP contribution in [0.5, 0.6) is 0 Å². The first-order valence-corrected chi connectivity index (χ1v) is 7.84. The summed E-state index contributed by atoms with van der Waals surface area (Å²) >= 11 is 7.97. The number of carboxylic acid groups (broad SMARTS) is 1. The van der Waals surface area contributed by atoms with Crippen molar-refractivity contribution in [1.82, 2.24) is 4.90 Å². The predicted molar refractivity (Wildman–Crippen MR) is 77.5 cm³/mol. The Balaban J connectivity index is 2.17. The highest BCUT2D eigenvalue weighted by Gasteiger charge is 2.39. The number of ether oxygens (including phenoxy) is 1. The highest BCUT2D eigenvalue weighted by atomic mass is 79.9. The van der Waals surface area contributed by atoms with Gasteiger partial charge in [-0.05, 0) is 37.9 Å². The van der Waals surface area contributed by atoms with Gasteiger partial charge in [0, 0.05) is 11.5 Å². The summed E-state index contributed by atoms with van der Waals surface area (Å²) in [5, 5.41) is 9.10. The van der Waals surface area contributed by atoms with E-state index in [2.05, 4.69) is 31.9 Å². The molecule has 0 radical (unpaired) electrons. The molecule has 0 aromatic carbocycles. The first-order chi connectivity index (χ1) is 8.91. The smallest absolute Gasteiger partial charge is 0.311 e. The van der Waals surface area contributed by atoms with Gasteiger partial charge in [0.05, 0.1) is 27.9 Å². The Morgan fingerprint density at radius 1 is 1.47 bits per heavy atom. The number of amides is 1. The Labute approximate surface area is 130 Å². The molecular formula is C11H11Br2NO4S. The lowest BCUT2D eigenvalue weighted by Gasteiger charge is -2.25. The van der Waals surface area contributed by atoms with E-state index in [0.29, 0.717) is 4.88 Å². The summed E-state index contributed by atoms with van der Waals surface area (Å²) in [5.41, 5.74) is 0. The fourth-order valence-electron chi connectivity index (χ4n) is 1.94. The Morgan fingerprint density at radius 3 is 2.68 bits per heavy atom. The van der Waals surface area contributed by atoms with E-state index in [-0.39, 0.29) is 19.1 Å². The van der Waals surface area contributed by atoms with Gasteiger partial charge < -0.3 is 14.7 Å². The third kappa shape index (κ3) is 3.01. The first-order valence-electron chi connectivity index (χ1n) is 5.44. The summed E-state index contributed by atoms with van der Waals surface area (Å²) in [7, 11) is 1.61. The molecule has 1 N–H and O–H groups in total. The molecule has 1 fully saturated rings. The van der Waals surface area contributed by atoms with E-state index < -0.39 is 17.9 Å². The highest BCUT2D eigenvalue weighted by Crippen LogP contribution is 2.33. The van der Waals surface area contributed by atoms with Crippen molar-refractivity contribution in [3.8, 4) is 0 Å². The van der Waals surface area contributed by atoms with Crippen LogP contribution in [0.2, 0.25) is 0 Å². The predicted octanol–water partition coefficient (Wildman–Crippen LogP) is 2.44. The first kappa shape index (κ1) is 15.0. The van der Waals surface area contributed by atoms with E-state index in [1.807, 2.05) is 0 Å². The molecule has 5 nitrogen and oxygen atoms in total. The fourth-order valence-corrected chi connectivity index (χ4v) is 3.96. The van der Waals surface area contributed by atoms with Gasteiger partial charge in [0.1, 0.15) is 5.92 Å². The van der Waals surface area contributed by atoms with E-state index in [4.69, 9.17) is 9.84 Å². The van der Waals surface area contributed by atoms with Crippen LogP contribution in [0.3, 0.4) is 0 Å². The van der Waals surface area contributed by atoms with Crippen LogP contribution in [0.1, 0.15) is 9.67 Å². The topological polar surface area (TPSA) is 66.8 Å². The average Bonchev–Trinajstić information content (AvgIpc) is 2.95. The van der Waals surface area contributed by atoms with Crippen LogP contribution in [-0.4, -0.2) is 48.2 Å². The Morgan fingerprint density at radius 2 is 2.16 bits per heavy atom. The minimum Gasteiger partial charge on any atom is -0.481 e. The molecule has 19 heavy (non-hydrogen) atoms. The number of halogens is 2. The number of hydrogen-bond donors (Lipinski definition) is 1. The van der Waals surface area contributed by atoms with Gasteiger partial charge in [-0.3, -0.25) is 9.59 Å². The summed E-state index contributed by atoms with van der Waals surface area (Å²) in [5.74, 6) is -1.80. The van der Waals surface area contributed by atoms with Gasteiger partial charge in [-0.15, -0.1) is 11.3 Å². The number of likely N-dealkylation sites (N-methyl/N-ethyl adjacent to an activating group) is 1. The molecule has 1 aliphatic rings. The van der Waals surface area contributed by atoms with Crippen molar-refractivity contribution in [2.75, 3.05) is 20.3 Å². The van der Waals surface area contributed by atoms with Crippen molar-refractivity contribution in [2.45, 2.75) is 6.04 Å². The maximum absolute atomic E-state index is 12.3. The second-order valence-corrected chi connectivity index (χ2v) is 7.42. The molecule has 1 aliphatic heterocycles. The lowest BCUT2D eigenvalue weighted by Crippen LogP contribution is -2.43. The zero-order chi connectivity index (χ0) is 14.2. The number of rotatable bonds is 3. The van der Waals surface area contributed by atoms with Gasteiger partial charge in [0.25, 0.3) is 5.91 Å². The van der Waals surface area contributed by atoms with Gasteiger partial charge in [-0.2, -0.15) is 0 Å². The van der Waals surface area contributed by atoms with Gasteiger partial charge >= 0.3 is 5.97 Å². The van der Waals surface area contributed by atoms with Gasteiger partial charge in [-0.1, -0.05) is 0 Å². The second-order valence-electron chi connectivity index (χ2n) is 4.20. The van der Waals surface area contributed by atoms with Crippen LogP contribution < -0.4 is 0 Å². The second kappa shape index (κ2) is 5.90. The maximum atomic E-state index is 12.3. The number of carbonyl (C=O) groups is 2. The van der Waals surface area contributed by atoms with E-state index in [1.54, 1.807) is 13.1 Å². The number of carbonyl (C=O) groups excluding carboxylic acids is 1. The molecule has 1 aromatic rings. The summed E-state index contributed by atoms with van der Waals surface area (Å²) < 4.78 is 6.82. The Kier molecular flexibility index (Phi) is 4.65. The fraction of sp³-hybridized carbons (Fsp3) is 0.455. The number of hydrogen-bond acceptors (Lipinski definition) is 4. The summed E-state index contributed by atoms with van der Waals surface area (Å²) in [6.07, 6.45) is 0. The Bertz CT molecular complexity index is 499. The van der Waals surface area contributed by atoms with Gasteiger partial charge in [0.15, 0.2) is 0 Å². The van der Waals surface area contributed by atoms with Crippen molar-refractivity contribution in [1.29, 1.82) is 0 Å². The van der Waals surface area contributed by atoms with E-state index in [9.17, 15) is 9.59 Å². The van der Waals surface area contributed by atoms with Crippen LogP contribution in [0.25, 0.3) is 0 Å². The summed E-state index contributed by atoms with van der Waals surface area (Å²) in [6.45, 7) is 0.405. The monoisotopic (exact) mass is 411 g/mol. The third-order valence-electron chi connectivity index (χ3n) is 3.04. The minimum atomic E-state index is -0.935. The van der Waals surface area contributed by atoms with Crippen molar-refractivity contribution in [3.63, 3.8) is 0 Å². The molecule has 104 valence electrons. The highest BCUT2D eigenvalue weighted by molar-refractivity contribution is 9.13. The minimum absolute atomic E-state index is 0.148. The number of carboxylic acids is 1. The molecule has 2 heterocycles. The van der Waals surface area contributed by atoms with Gasteiger partial charge in [0.2, 0.25) is 0 Å². The van der Waals surface area contributed by atoms with Crippen molar-refractivity contribution < 1.29 is 19.4 Å². The standard InChI is InChI=1S/C11H11Br2NO4S/c1-14(7-4-18-3-5(7)11(16)17)10(15)8-2-6(12)9(13)19-8/h2,5,7H,3-4H2,1H3,(H,16,17). The van der Waals surface area contributed by atoms with Crippen LogP contribution in [0.15, 0.2) is 14.3 Å². The molecule has 1 saturated heterocycles. The largest absolute Gasteiger partial charge is 0.481 e. The lowest BCUT2D eigenvalue weighted by atomic mass is 10.0. The van der Waals surface area contributed by atoms with Crippen LogP contribution in [0.4, 0.5) is 0 Å². The van der Waals surface area contributed by atoms with E-state index >= 15 is 0 Å². The van der Waals surface area contributed by atoms with Crippen LogP contribution in [0, 0.1) is 5.92 Å².